The number of para-hydroxylation sites is 3. The van der Waals surface area contributed by atoms with Crippen LogP contribution in [0.2, 0.25) is 0 Å². The standard InChI is InChI=1S/C57H38N2/c1-4-22-41(23-5-1)58(42-24-6-2-7-25-42)44-35-36-52-49(38-44)47-30-14-16-32-50(47)57(52)51-33-17-15-31-48(51)55-53(57)37-40-20-11-13-29-46(40)56(55)59(43-26-8-3-9-27-43)54-34-18-21-39-19-10-12-28-45(39)54/h1-38H. The Morgan fingerprint density at radius 1 is 0.288 bits per heavy atom. The summed E-state index contributed by atoms with van der Waals surface area (Å²) in [6, 6.07) is 84.8. The molecule has 59 heavy (non-hydrogen) atoms. The summed E-state index contributed by atoms with van der Waals surface area (Å²) in [4.78, 5) is 4.90. The van der Waals surface area contributed by atoms with Crippen molar-refractivity contribution in [3.63, 3.8) is 0 Å². The maximum atomic E-state index is 2.53. The topological polar surface area (TPSA) is 6.48 Å². The average Bonchev–Trinajstić information content (AvgIpc) is 3.77. The van der Waals surface area contributed by atoms with E-state index in [0.717, 1.165) is 28.4 Å². The molecule has 2 aliphatic rings. The SMILES string of the molecule is c1ccc(N(c2ccccc2)c2ccc3c(c2)-c2ccccc2C32c3ccccc3-c3c2cc2ccccc2c3N(c2ccccc2)c2cccc3ccccc23)cc1. The number of nitrogens with zero attached hydrogens (tertiary/aromatic N) is 2. The molecule has 0 aliphatic heterocycles. The maximum absolute atomic E-state index is 2.53. The van der Waals surface area contributed by atoms with Crippen molar-refractivity contribution >= 4 is 55.7 Å². The van der Waals surface area contributed by atoms with Crippen molar-refractivity contribution in [2.45, 2.75) is 5.41 Å². The van der Waals surface area contributed by atoms with Crippen molar-refractivity contribution in [2.75, 3.05) is 9.80 Å². The van der Waals surface area contributed by atoms with E-state index >= 15 is 0 Å². The van der Waals surface area contributed by atoms with Crippen molar-refractivity contribution in [2.24, 2.45) is 0 Å². The minimum absolute atomic E-state index is 0.541. The van der Waals surface area contributed by atoms with Crippen LogP contribution in [0.25, 0.3) is 43.8 Å². The fraction of sp³-hybridized carbons (Fsp3) is 0.0175. The molecule has 0 fully saturated rings. The summed E-state index contributed by atoms with van der Waals surface area (Å²) in [6.45, 7) is 0. The van der Waals surface area contributed by atoms with E-state index in [1.807, 2.05) is 0 Å². The quantitative estimate of drug-likeness (QED) is 0.167. The zero-order valence-electron chi connectivity index (χ0n) is 32.3. The molecule has 1 spiro atoms. The molecule has 10 aromatic rings. The molecule has 0 amide bonds. The molecule has 0 saturated heterocycles. The fourth-order valence-electron chi connectivity index (χ4n) is 10.3. The molecule has 2 heteroatoms. The summed E-state index contributed by atoms with van der Waals surface area (Å²) in [7, 11) is 0. The van der Waals surface area contributed by atoms with Gasteiger partial charge in [0, 0.05) is 39.1 Å². The van der Waals surface area contributed by atoms with E-state index in [-0.39, 0.29) is 0 Å². The Morgan fingerprint density at radius 2 is 0.797 bits per heavy atom. The lowest BCUT2D eigenvalue weighted by atomic mass is 9.70. The van der Waals surface area contributed by atoms with Crippen LogP contribution < -0.4 is 9.80 Å². The molecule has 0 radical (unpaired) electrons. The van der Waals surface area contributed by atoms with E-state index in [2.05, 4.69) is 240 Å². The second-order valence-corrected chi connectivity index (χ2v) is 15.6. The second-order valence-electron chi connectivity index (χ2n) is 15.6. The molecule has 2 aliphatic carbocycles. The van der Waals surface area contributed by atoms with Crippen LogP contribution in [0.3, 0.4) is 0 Å². The first-order valence-electron chi connectivity index (χ1n) is 20.4. The monoisotopic (exact) mass is 750 g/mol. The first-order chi connectivity index (χ1) is 29.3. The van der Waals surface area contributed by atoms with Gasteiger partial charge in [-0.2, -0.15) is 0 Å². The second kappa shape index (κ2) is 13.2. The minimum atomic E-state index is -0.541. The van der Waals surface area contributed by atoms with Gasteiger partial charge >= 0.3 is 0 Å². The van der Waals surface area contributed by atoms with Crippen molar-refractivity contribution in [1.82, 2.24) is 0 Å². The average molecular weight is 751 g/mol. The predicted molar refractivity (Wildman–Crippen MR) is 247 cm³/mol. The van der Waals surface area contributed by atoms with Crippen LogP contribution in [-0.4, -0.2) is 0 Å². The number of rotatable bonds is 6. The van der Waals surface area contributed by atoms with Gasteiger partial charge in [-0.05, 0) is 110 Å². The number of hydrogen-bond donors (Lipinski definition) is 0. The van der Waals surface area contributed by atoms with Gasteiger partial charge in [-0.1, -0.05) is 170 Å². The smallest absolute Gasteiger partial charge is 0.0726 e. The van der Waals surface area contributed by atoms with E-state index in [0.29, 0.717) is 0 Å². The molecule has 12 rings (SSSR count). The number of hydrogen-bond acceptors (Lipinski definition) is 2. The van der Waals surface area contributed by atoms with Crippen LogP contribution in [0.1, 0.15) is 22.3 Å². The highest BCUT2D eigenvalue weighted by Gasteiger charge is 2.53. The minimum Gasteiger partial charge on any atom is -0.310 e. The Balaban J connectivity index is 1.19. The summed E-state index contributed by atoms with van der Waals surface area (Å²) in [5.41, 5.74) is 16.7. The van der Waals surface area contributed by atoms with Crippen LogP contribution in [-0.2, 0) is 5.41 Å². The fourth-order valence-corrected chi connectivity index (χ4v) is 10.3. The summed E-state index contributed by atoms with van der Waals surface area (Å²) in [5.74, 6) is 0. The molecule has 1 atom stereocenters. The van der Waals surface area contributed by atoms with Gasteiger partial charge in [0.05, 0.1) is 16.8 Å². The summed E-state index contributed by atoms with van der Waals surface area (Å²) >= 11 is 0. The molecule has 0 N–H and O–H groups in total. The molecule has 2 nitrogen and oxygen atoms in total. The zero-order valence-corrected chi connectivity index (χ0v) is 32.3. The van der Waals surface area contributed by atoms with Crippen molar-refractivity contribution in [1.29, 1.82) is 0 Å². The lowest BCUT2D eigenvalue weighted by Crippen LogP contribution is -2.26. The summed E-state index contributed by atoms with van der Waals surface area (Å²) in [5, 5.41) is 4.87. The Labute approximate surface area is 344 Å². The van der Waals surface area contributed by atoms with Crippen LogP contribution in [0.4, 0.5) is 34.1 Å². The Hall–Kier alpha value is -7.68. The van der Waals surface area contributed by atoms with Gasteiger partial charge in [0.25, 0.3) is 0 Å². The molecular weight excluding hydrogens is 713 g/mol. The van der Waals surface area contributed by atoms with E-state index in [4.69, 9.17) is 0 Å². The maximum Gasteiger partial charge on any atom is 0.0726 e. The van der Waals surface area contributed by atoms with Crippen molar-refractivity contribution < 1.29 is 0 Å². The molecule has 0 aromatic heterocycles. The summed E-state index contributed by atoms with van der Waals surface area (Å²) in [6.07, 6.45) is 0. The molecular formula is C57H38N2. The van der Waals surface area contributed by atoms with Crippen molar-refractivity contribution in [3.05, 3.63) is 253 Å². The van der Waals surface area contributed by atoms with Gasteiger partial charge in [0.2, 0.25) is 0 Å². The largest absolute Gasteiger partial charge is 0.310 e. The number of fused-ring (bicyclic) bond motifs is 12. The third-order valence-electron chi connectivity index (χ3n) is 12.6. The van der Waals surface area contributed by atoms with Gasteiger partial charge in [0.15, 0.2) is 0 Å². The van der Waals surface area contributed by atoms with Crippen molar-refractivity contribution in [3.8, 4) is 22.3 Å². The van der Waals surface area contributed by atoms with E-state index in [1.54, 1.807) is 0 Å². The van der Waals surface area contributed by atoms with Crippen LogP contribution in [0.15, 0.2) is 231 Å². The Kier molecular flexibility index (Phi) is 7.48. The zero-order chi connectivity index (χ0) is 38.9. The molecule has 276 valence electrons. The van der Waals surface area contributed by atoms with Crippen LogP contribution >= 0.6 is 0 Å². The Bertz CT molecular complexity index is 3180. The van der Waals surface area contributed by atoms with E-state index in [9.17, 15) is 0 Å². The number of anilines is 6. The third kappa shape index (κ3) is 4.87. The van der Waals surface area contributed by atoms with Gasteiger partial charge in [-0.25, -0.2) is 0 Å². The van der Waals surface area contributed by atoms with Gasteiger partial charge < -0.3 is 9.80 Å². The molecule has 0 bridgehead atoms. The lowest BCUT2D eigenvalue weighted by molar-refractivity contribution is 0.795. The molecule has 1 unspecified atom stereocenters. The lowest BCUT2D eigenvalue weighted by Gasteiger charge is -2.33. The first-order valence-corrected chi connectivity index (χ1v) is 20.4. The van der Waals surface area contributed by atoms with E-state index < -0.39 is 5.41 Å². The highest BCUT2D eigenvalue weighted by molar-refractivity contribution is 6.14. The van der Waals surface area contributed by atoms with Gasteiger partial charge in [-0.15, -0.1) is 0 Å². The predicted octanol–water partition coefficient (Wildman–Crippen LogP) is 15.3. The highest BCUT2D eigenvalue weighted by atomic mass is 15.2. The Morgan fingerprint density at radius 3 is 1.49 bits per heavy atom. The van der Waals surface area contributed by atoms with Crippen LogP contribution in [0.5, 0.6) is 0 Å². The van der Waals surface area contributed by atoms with Gasteiger partial charge in [0.1, 0.15) is 0 Å². The first kappa shape index (κ1) is 33.5. The van der Waals surface area contributed by atoms with Crippen LogP contribution in [0, 0.1) is 0 Å². The number of benzene rings is 10. The summed E-state index contributed by atoms with van der Waals surface area (Å²) < 4.78 is 0. The van der Waals surface area contributed by atoms with E-state index in [1.165, 1.54) is 71.7 Å². The normalized spacial score (nSPS) is 14.5. The van der Waals surface area contributed by atoms with Gasteiger partial charge in [-0.3, -0.25) is 0 Å². The molecule has 0 heterocycles. The molecule has 0 saturated carbocycles. The highest BCUT2D eigenvalue weighted by Crippen LogP contribution is 2.66. The third-order valence-corrected chi connectivity index (χ3v) is 12.6. The molecule has 10 aromatic carbocycles.